The molecule has 1 saturated carbocycles. The number of ketones is 1. The first-order chi connectivity index (χ1) is 6.16. The lowest BCUT2D eigenvalue weighted by atomic mass is 9.93. The zero-order valence-electron chi connectivity index (χ0n) is 8.30. The second kappa shape index (κ2) is 4.35. The Hall–Kier alpha value is -0.920. The van der Waals surface area contributed by atoms with Crippen molar-refractivity contribution in [2.75, 3.05) is 0 Å². The molecule has 1 rings (SSSR count). The molecule has 72 valence electrons. The average molecular weight is 180 g/mol. The molecule has 0 unspecified atom stereocenters. The molecule has 2 nitrogen and oxygen atoms in total. The second-order valence-electron chi connectivity index (χ2n) is 3.74. The topological polar surface area (TPSA) is 34.1 Å². The molecule has 0 aromatic carbocycles. The predicted molar refractivity (Wildman–Crippen MR) is 51.4 cm³/mol. The van der Waals surface area contributed by atoms with Gasteiger partial charge in [-0.05, 0) is 38.2 Å². The molecule has 2 heteroatoms. The number of carbonyl (C=O) groups is 2. The summed E-state index contributed by atoms with van der Waals surface area (Å²) >= 11 is 0. The molecular weight excluding hydrogens is 164 g/mol. The van der Waals surface area contributed by atoms with Gasteiger partial charge < -0.3 is 0 Å². The van der Waals surface area contributed by atoms with Crippen LogP contribution in [0.3, 0.4) is 0 Å². The molecule has 1 aliphatic rings. The van der Waals surface area contributed by atoms with Crippen LogP contribution in [0, 0.1) is 5.92 Å². The van der Waals surface area contributed by atoms with Crippen molar-refractivity contribution in [3.05, 3.63) is 11.1 Å². The SMILES string of the molecule is CC(=O)/C(C)=C(\C=O)C1CCCC1. The number of aldehydes is 1. The molecule has 0 amide bonds. The first kappa shape index (κ1) is 10.2. The third kappa shape index (κ3) is 2.27. The van der Waals surface area contributed by atoms with Gasteiger partial charge in [0.25, 0.3) is 0 Å². The Kier molecular flexibility index (Phi) is 3.40. The summed E-state index contributed by atoms with van der Waals surface area (Å²) in [5.74, 6) is 0.371. The van der Waals surface area contributed by atoms with E-state index in [-0.39, 0.29) is 5.78 Å². The Balaban J connectivity index is 2.87. The lowest BCUT2D eigenvalue weighted by molar-refractivity contribution is -0.114. The monoisotopic (exact) mass is 180 g/mol. The van der Waals surface area contributed by atoms with Crippen molar-refractivity contribution >= 4 is 12.1 Å². The standard InChI is InChI=1S/C11H16O2/c1-8(9(2)13)11(7-12)10-5-3-4-6-10/h7,10H,3-6H2,1-2H3/b11-8+. The van der Waals surface area contributed by atoms with Crippen LogP contribution in [0.25, 0.3) is 0 Å². The lowest BCUT2D eigenvalue weighted by Crippen LogP contribution is -2.07. The van der Waals surface area contributed by atoms with Gasteiger partial charge in [0.05, 0.1) is 0 Å². The van der Waals surface area contributed by atoms with E-state index in [0.29, 0.717) is 11.5 Å². The highest BCUT2D eigenvalue weighted by Gasteiger charge is 2.21. The minimum Gasteiger partial charge on any atom is -0.298 e. The molecule has 13 heavy (non-hydrogen) atoms. The minimum atomic E-state index is 0.0222. The van der Waals surface area contributed by atoms with Crippen molar-refractivity contribution in [3.63, 3.8) is 0 Å². The van der Waals surface area contributed by atoms with E-state index < -0.39 is 0 Å². The van der Waals surface area contributed by atoms with E-state index >= 15 is 0 Å². The maximum absolute atomic E-state index is 11.1. The van der Waals surface area contributed by atoms with E-state index in [1.807, 2.05) is 0 Å². The molecule has 0 aromatic rings. The molecule has 0 bridgehead atoms. The van der Waals surface area contributed by atoms with E-state index in [1.165, 1.54) is 19.8 Å². The fraction of sp³-hybridized carbons (Fsp3) is 0.636. The summed E-state index contributed by atoms with van der Waals surface area (Å²) in [4.78, 5) is 21.9. The van der Waals surface area contributed by atoms with Gasteiger partial charge in [0.1, 0.15) is 6.29 Å². The number of hydrogen-bond acceptors (Lipinski definition) is 2. The van der Waals surface area contributed by atoms with Gasteiger partial charge in [-0.3, -0.25) is 9.59 Å². The van der Waals surface area contributed by atoms with Crippen LogP contribution in [0.5, 0.6) is 0 Å². The Labute approximate surface area is 79.0 Å². The number of rotatable bonds is 3. The molecule has 0 aromatic heterocycles. The molecule has 0 aliphatic heterocycles. The van der Waals surface area contributed by atoms with Gasteiger partial charge in [0.2, 0.25) is 0 Å². The van der Waals surface area contributed by atoms with Crippen LogP contribution in [0.15, 0.2) is 11.1 Å². The second-order valence-corrected chi connectivity index (χ2v) is 3.74. The molecule has 0 atom stereocenters. The van der Waals surface area contributed by atoms with Crippen LogP contribution in [0.2, 0.25) is 0 Å². The highest BCUT2D eigenvalue weighted by atomic mass is 16.1. The molecule has 0 spiro atoms. The largest absolute Gasteiger partial charge is 0.298 e. The van der Waals surface area contributed by atoms with Gasteiger partial charge in [0, 0.05) is 5.57 Å². The fourth-order valence-corrected chi connectivity index (χ4v) is 1.93. The Morgan fingerprint density at radius 1 is 1.23 bits per heavy atom. The van der Waals surface area contributed by atoms with Gasteiger partial charge in [0.15, 0.2) is 5.78 Å². The van der Waals surface area contributed by atoms with Crippen molar-refractivity contribution in [1.29, 1.82) is 0 Å². The van der Waals surface area contributed by atoms with Crippen LogP contribution >= 0.6 is 0 Å². The van der Waals surface area contributed by atoms with Crippen LogP contribution < -0.4 is 0 Å². The maximum atomic E-state index is 11.1. The summed E-state index contributed by atoms with van der Waals surface area (Å²) in [5.41, 5.74) is 1.40. The molecule has 1 fully saturated rings. The molecule has 1 aliphatic carbocycles. The zero-order chi connectivity index (χ0) is 9.84. The first-order valence-corrected chi connectivity index (χ1v) is 4.83. The average Bonchev–Trinajstić information content (AvgIpc) is 2.58. The Bertz CT molecular complexity index is 245. The van der Waals surface area contributed by atoms with E-state index in [4.69, 9.17) is 0 Å². The van der Waals surface area contributed by atoms with Crippen LogP contribution in [0.1, 0.15) is 39.5 Å². The van der Waals surface area contributed by atoms with Gasteiger partial charge >= 0.3 is 0 Å². The van der Waals surface area contributed by atoms with E-state index in [2.05, 4.69) is 0 Å². The molecule has 0 saturated heterocycles. The van der Waals surface area contributed by atoms with Gasteiger partial charge in [-0.1, -0.05) is 12.8 Å². The van der Waals surface area contributed by atoms with Gasteiger partial charge in [-0.2, -0.15) is 0 Å². The summed E-state index contributed by atoms with van der Waals surface area (Å²) < 4.78 is 0. The molecule has 0 N–H and O–H groups in total. The third-order valence-electron chi connectivity index (χ3n) is 2.88. The van der Waals surface area contributed by atoms with Crippen molar-refractivity contribution in [1.82, 2.24) is 0 Å². The Morgan fingerprint density at radius 2 is 1.77 bits per heavy atom. The van der Waals surface area contributed by atoms with Crippen LogP contribution in [0.4, 0.5) is 0 Å². The van der Waals surface area contributed by atoms with Crippen molar-refractivity contribution in [2.24, 2.45) is 5.92 Å². The zero-order valence-corrected chi connectivity index (χ0v) is 8.30. The van der Waals surface area contributed by atoms with Gasteiger partial charge in [-0.25, -0.2) is 0 Å². The molecule has 0 heterocycles. The van der Waals surface area contributed by atoms with Crippen molar-refractivity contribution in [3.8, 4) is 0 Å². The predicted octanol–water partition coefficient (Wildman–Crippen LogP) is 2.28. The fourth-order valence-electron chi connectivity index (χ4n) is 1.93. The van der Waals surface area contributed by atoms with E-state index in [0.717, 1.165) is 24.7 Å². The summed E-state index contributed by atoms with van der Waals surface area (Å²) in [6.45, 7) is 3.28. The highest BCUT2D eigenvalue weighted by molar-refractivity contribution is 5.98. The minimum absolute atomic E-state index is 0.0222. The third-order valence-corrected chi connectivity index (χ3v) is 2.88. The van der Waals surface area contributed by atoms with Crippen molar-refractivity contribution in [2.45, 2.75) is 39.5 Å². The lowest BCUT2D eigenvalue weighted by Gasteiger charge is -2.10. The molecule has 0 radical (unpaired) electrons. The normalized spacial score (nSPS) is 19.8. The summed E-state index contributed by atoms with van der Waals surface area (Å²) in [6.07, 6.45) is 5.38. The summed E-state index contributed by atoms with van der Waals surface area (Å²) in [6, 6.07) is 0. The first-order valence-electron chi connectivity index (χ1n) is 4.83. The summed E-state index contributed by atoms with van der Waals surface area (Å²) in [7, 11) is 0. The quantitative estimate of drug-likeness (QED) is 0.493. The maximum Gasteiger partial charge on any atom is 0.155 e. The number of allylic oxidation sites excluding steroid dienone is 2. The van der Waals surface area contributed by atoms with Gasteiger partial charge in [-0.15, -0.1) is 0 Å². The van der Waals surface area contributed by atoms with Crippen LogP contribution in [-0.2, 0) is 9.59 Å². The number of hydrogen-bond donors (Lipinski definition) is 0. The van der Waals surface area contributed by atoms with Crippen LogP contribution in [-0.4, -0.2) is 12.1 Å². The Morgan fingerprint density at radius 3 is 2.15 bits per heavy atom. The smallest absolute Gasteiger partial charge is 0.155 e. The van der Waals surface area contributed by atoms with Crippen molar-refractivity contribution < 1.29 is 9.59 Å². The number of carbonyl (C=O) groups excluding carboxylic acids is 2. The molecular formula is C11H16O2. The van der Waals surface area contributed by atoms with E-state index in [9.17, 15) is 9.59 Å². The van der Waals surface area contributed by atoms with E-state index in [1.54, 1.807) is 6.92 Å². The number of Topliss-reactive ketones (excluding diaryl/α,β-unsaturated/α-hetero) is 1. The highest BCUT2D eigenvalue weighted by Crippen LogP contribution is 2.31. The summed E-state index contributed by atoms with van der Waals surface area (Å²) in [5, 5.41) is 0.